The van der Waals surface area contributed by atoms with E-state index in [0.717, 1.165) is 5.92 Å². The minimum atomic E-state index is 0.921. The molecule has 1 aliphatic heterocycles. The monoisotopic (exact) mass is 245 g/mol. The predicted octanol–water partition coefficient (Wildman–Crippen LogP) is 3.93. The summed E-state index contributed by atoms with van der Waals surface area (Å²) in [6.07, 6.45) is 6.79. The molecule has 100 valence electrons. The van der Waals surface area contributed by atoms with Crippen LogP contribution in [0.4, 0.5) is 0 Å². The number of hydrogen-bond acceptors (Lipinski definition) is 1. The zero-order valence-electron chi connectivity index (χ0n) is 12.2. The van der Waals surface area contributed by atoms with Gasteiger partial charge in [-0.2, -0.15) is 0 Å². The van der Waals surface area contributed by atoms with E-state index in [0.29, 0.717) is 0 Å². The van der Waals surface area contributed by atoms with E-state index in [-0.39, 0.29) is 0 Å². The highest BCUT2D eigenvalue weighted by Crippen LogP contribution is 2.21. The Morgan fingerprint density at radius 1 is 1.17 bits per heavy atom. The fourth-order valence-electron chi connectivity index (χ4n) is 3.34. The number of piperidine rings is 1. The average Bonchev–Trinajstić information content (AvgIpc) is 2.34. The second-order valence-electron chi connectivity index (χ2n) is 5.98. The standard InChI is InChI=1S/C17H27N/c1-13-10-14(2)17(15(3)11-13)8-4-6-16-7-5-9-18-12-16/h10-11,16,18H,4-9,12H2,1-3H3. The Kier molecular flexibility index (Phi) is 4.82. The first-order chi connectivity index (χ1) is 8.66. The maximum atomic E-state index is 3.51. The van der Waals surface area contributed by atoms with Crippen molar-refractivity contribution >= 4 is 0 Å². The fraction of sp³-hybridized carbons (Fsp3) is 0.647. The van der Waals surface area contributed by atoms with E-state index in [2.05, 4.69) is 38.2 Å². The second kappa shape index (κ2) is 6.38. The molecule has 1 unspecified atom stereocenters. The molecule has 1 aromatic rings. The molecule has 0 aliphatic carbocycles. The summed E-state index contributed by atoms with van der Waals surface area (Å²) in [6.45, 7) is 9.19. The van der Waals surface area contributed by atoms with Crippen LogP contribution < -0.4 is 5.32 Å². The van der Waals surface area contributed by atoms with Crippen LogP contribution in [0.15, 0.2) is 12.1 Å². The SMILES string of the molecule is Cc1cc(C)c(CCCC2CCCNC2)c(C)c1. The Morgan fingerprint density at radius 2 is 1.89 bits per heavy atom. The predicted molar refractivity (Wildman–Crippen MR) is 79.2 cm³/mol. The molecule has 1 saturated heterocycles. The van der Waals surface area contributed by atoms with Gasteiger partial charge in [0.1, 0.15) is 0 Å². The summed E-state index contributed by atoms with van der Waals surface area (Å²) >= 11 is 0. The lowest BCUT2D eigenvalue weighted by molar-refractivity contribution is 0.351. The van der Waals surface area contributed by atoms with Gasteiger partial charge in [0.15, 0.2) is 0 Å². The first-order valence-electron chi connectivity index (χ1n) is 7.44. The number of nitrogens with one attached hydrogen (secondary N) is 1. The molecule has 18 heavy (non-hydrogen) atoms. The van der Waals surface area contributed by atoms with Crippen molar-refractivity contribution < 1.29 is 0 Å². The van der Waals surface area contributed by atoms with E-state index in [1.807, 2.05) is 0 Å². The Balaban J connectivity index is 1.86. The van der Waals surface area contributed by atoms with Crippen molar-refractivity contribution in [1.29, 1.82) is 0 Å². The summed E-state index contributed by atoms with van der Waals surface area (Å²) in [5, 5.41) is 3.51. The second-order valence-corrected chi connectivity index (χ2v) is 5.98. The van der Waals surface area contributed by atoms with Crippen molar-refractivity contribution in [3.63, 3.8) is 0 Å². The molecular weight excluding hydrogens is 218 g/mol. The highest BCUT2D eigenvalue weighted by atomic mass is 14.9. The summed E-state index contributed by atoms with van der Waals surface area (Å²) in [5.74, 6) is 0.921. The number of hydrogen-bond donors (Lipinski definition) is 1. The molecule has 0 aromatic heterocycles. The smallest absolute Gasteiger partial charge is 0.00205 e. The maximum Gasteiger partial charge on any atom is -0.00205 e. The van der Waals surface area contributed by atoms with Crippen molar-refractivity contribution in [3.05, 3.63) is 34.4 Å². The van der Waals surface area contributed by atoms with Crippen LogP contribution >= 0.6 is 0 Å². The minimum absolute atomic E-state index is 0.921. The minimum Gasteiger partial charge on any atom is -0.316 e. The maximum absolute atomic E-state index is 3.51. The topological polar surface area (TPSA) is 12.0 Å². The van der Waals surface area contributed by atoms with Crippen LogP contribution in [0.25, 0.3) is 0 Å². The van der Waals surface area contributed by atoms with Gasteiger partial charge >= 0.3 is 0 Å². The average molecular weight is 245 g/mol. The van der Waals surface area contributed by atoms with Gasteiger partial charge in [0, 0.05) is 0 Å². The fourth-order valence-corrected chi connectivity index (χ4v) is 3.34. The van der Waals surface area contributed by atoms with Gasteiger partial charge in [-0.05, 0) is 88.6 Å². The molecule has 1 nitrogen and oxygen atoms in total. The summed E-state index contributed by atoms with van der Waals surface area (Å²) < 4.78 is 0. The molecule has 1 heterocycles. The lowest BCUT2D eigenvalue weighted by Gasteiger charge is -2.22. The van der Waals surface area contributed by atoms with Gasteiger partial charge in [0.25, 0.3) is 0 Å². The largest absolute Gasteiger partial charge is 0.316 e. The van der Waals surface area contributed by atoms with Gasteiger partial charge in [-0.25, -0.2) is 0 Å². The number of rotatable bonds is 4. The molecule has 1 fully saturated rings. The number of benzene rings is 1. The van der Waals surface area contributed by atoms with Crippen molar-refractivity contribution in [2.45, 2.75) is 52.9 Å². The molecular formula is C17H27N. The summed E-state index contributed by atoms with van der Waals surface area (Å²) in [4.78, 5) is 0. The lowest BCUT2D eigenvalue weighted by Crippen LogP contribution is -2.29. The zero-order valence-corrected chi connectivity index (χ0v) is 12.2. The molecule has 1 aliphatic rings. The van der Waals surface area contributed by atoms with Gasteiger partial charge in [-0.15, -0.1) is 0 Å². The molecule has 1 aromatic carbocycles. The molecule has 0 bridgehead atoms. The molecule has 0 amide bonds. The highest BCUT2D eigenvalue weighted by Gasteiger charge is 2.12. The van der Waals surface area contributed by atoms with Gasteiger partial charge in [0.05, 0.1) is 0 Å². The molecule has 0 radical (unpaired) electrons. The molecule has 2 rings (SSSR count). The Bertz CT molecular complexity index is 366. The summed E-state index contributed by atoms with van der Waals surface area (Å²) in [6, 6.07) is 4.65. The van der Waals surface area contributed by atoms with Gasteiger partial charge in [-0.1, -0.05) is 17.7 Å². The van der Waals surface area contributed by atoms with Crippen LogP contribution in [0.3, 0.4) is 0 Å². The van der Waals surface area contributed by atoms with Crippen LogP contribution in [0.1, 0.15) is 47.9 Å². The van der Waals surface area contributed by atoms with E-state index < -0.39 is 0 Å². The quantitative estimate of drug-likeness (QED) is 0.847. The summed E-state index contributed by atoms with van der Waals surface area (Å²) in [5.41, 5.74) is 5.94. The van der Waals surface area contributed by atoms with Crippen molar-refractivity contribution in [3.8, 4) is 0 Å². The molecule has 0 saturated carbocycles. The van der Waals surface area contributed by atoms with Gasteiger partial charge in [-0.3, -0.25) is 0 Å². The van der Waals surface area contributed by atoms with Crippen molar-refractivity contribution in [2.75, 3.05) is 13.1 Å². The third kappa shape index (κ3) is 3.58. The van der Waals surface area contributed by atoms with Crippen molar-refractivity contribution in [1.82, 2.24) is 5.32 Å². The van der Waals surface area contributed by atoms with Crippen LogP contribution in [0.2, 0.25) is 0 Å². The van der Waals surface area contributed by atoms with Crippen LogP contribution in [-0.2, 0) is 6.42 Å². The van der Waals surface area contributed by atoms with E-state index in [1.54, 1.807) is 5.56 Å². The normalized spacial score (nSPS) is 20.1. The van der Waals surface area contributed by atoms with E-state index in [4.69, 9.17) is 0 Å². The zero-order chi connectivity index (χ0) is 13.0. The van der Waals surface area contributed by atoms with Gasteiger partial charge < -0.3 is 5.32 Å². The van der Waals surface area contributed by atoms with E-state index >= 15 is 0 Å². The lowest BCUT2D eigenvalue weighted by atomic mass is 9.90. The van der Waals surface area contributed by atoms with Crippen LogP contribution in [0.5, 0.6) is 0 Å². The third-order valence-corrected chi connectivity index (χ3v) is 4.28. The molecule has 1 heteroatoms. The van der Waals surface area contributed by atoms with E-state index in [9.17, 15) is 0 Å². The molecule has 0 spiro atoms. The van der Waals surface area contributed by atoms with Crippen LogP contribution in [-0.4, -0.2) is 13.1 Å². The Morgan fingerprint density at radius 3 is 2.50 bits per heavy atom. The first-order valence-corrected chi connectivity index (χ1v) is 7.44. The van der Waals surface area contributed by atoms with Crippen molar-refractivity contribution in [2.24, 2.45) is 5.92 Å². The molecule has 1 atom stereocenters. The summed E-state index contributed by atoms with van der Waals surface area (Å²) in [7, 11) is 0. The third-order valence-electron chi connectivity index (χ3n) is 4.28. The Hall–Kier alpha value is -0.820. The van der Waals surface area contributed by atoms with Crippen LogP contribution in [0, 0.1) is 26.7 Å². The number of aryl methyl sites for hydroxylation is 3. The molecule has 1 N–H and O–H groups in total. The van der Waals surface area contributed by atoms with E-state index in [1.165, 1.54) is 61.9 Å². The Labute approximate surface area is 112 Å². The highest BCUT2D eigenvalue weighted by molar-refractivity contribution is 5.37. The van der Waals surface area contributed by atoms with Gasteiger partial charge in [0.2, 0.25) is 0 Å². The first kappa shape index (κ1) is 13.6.